The third-order valence-corrected chi connectivity index (χ3v) is 5.74. The molecule has 132 valence electrons. The van der Waals surface area contributed by atoms with Crippen molar-refractivity contribution in [3.63, 3.8) is 0 Å². The summed E-state index contributed by atoms with van der Waals surface area (Å²) in [6.07, 6.45) is 3.64. The number of aromatic nitrogens is 3. The summed E-state index contributed by atoms with van der Waals surface area (Å²) in [4.78, 5) is 14.5. The minimum atomic E-state index is -0.325. The molecule has 2 aromatic rings. The molecule has 2 atom stereocenters. The van der Waals surface area contributed by atoms with Crippen LogP contribution in [0.5, 0.6) is 0 Å². The van der Waals surface area contributed by atoms with E-state index in [4.69, 9.17) is 4.74 Å². The summed E-state index contributed by atoms with van der Waals surface area (Å²) in [6.45, 7) is 1.21. The molecule has 1 aliphatic carbocycles. The number of para-hydroxylation sites is 1. The van der Waals surface area contributed by atoms with Gasteiger partial charge in [0.15, 0.2) is 5.69 Å². The quantitative estimate of drug-likeness (QED) is 0.908. The lowest BCUT2D eigenvalue weighted by atomic mass is 9.58. The lowest BCUT2D eigenvalue weighted by Gasteiger charge is -2.56. The predicted molar refractivity (Wildman–Crippen MR) is 90.4 cm³/mol. The van der Waals surface area contributed by atoms with E-state index in [9.17, 15) is 9.90 Å². The van der Waals surface area contributed by atoms with Crippen LogP contribution in [0.25, 0.3) is 5.69 Å². The molecule has 0 bridgehead atoms. The molecular weight excluding hydrogens is 320 g/mol. The SMILES string of the molecule is CO[C@H]1C[C@@H](O)C12CCN(C(=O)c1cn(-c3ccccc3)nn1)CC2. The Hall–Kier alpha value is -2.25. The zero-order chi connectivity index (χ0) is 17.4. The summed E-state index contributed by atoms with van der Waals surface area (Å²) in [5.41, 5.74) is 1.03. The zero-order valence-corrected chi connectivity index (χ0v) is 14.2. The molecular formula is C18H22N4O3. The molecule has 1 saturated carbocycles. The number of carbonyl (C=O) groups is 1. The molecule has 0 radical (unpaired) electrons. The number of amides is 1. The third kappa shape index (κ3) is 2.63. The van der Waals surface area contributed by atoms with Crippen LogP contribution in [-0.4, -0.2) is 63.3 Å². The molecule has 1 aromatic heterocycles. The van der Waals surface area contributed by atoms with Crippen LogP contribution in [0, 0.1) is 5.41 Å². The van der Waals surface area contributed by atoms with Gasteiger partial charge in [0.1, 0.15) is 0 Å². The van der Waals surface area contributed by atoms with Crippen molar-refractivity contribution < 1.29 is 14.6 Å². The summed E-state index contributed by atoms with van der Waals surface area (Å²) in [5.74, 6) is -0.111. The Labute approximate surface area is 146 Å². The Morgan fingerprint density at radius 3 is 2.64 bits per heavy atom. The van der Waals surface area contributed by atoms with Gasteiger partial charge in [-0.25, -0.2) is 4.68 Å². The number of hydrogen-bond donors (Lipinski definition) is 1. The predicted octanol–water partition coefficient (Wildman–Crippen LogP) is 1.27. The third-order valence-electron chi connectivity index (χ3n) is 5.74. The monoisotopic (exact) mass is 342 g/mol. The molecule has 1 aromatic carbocycles. The fourth-order valence-corrected chi connectivity index (χ4v) is 4.07. The van der Waals surface area contributed by atoms with Gasteiger partial charge < -0.3 is 14.7 Å². The zero-order valence-electron chi connectivity index (χ0n) is 14.2. The highest BCUT2D eigenvalue weighted by atomic mass is 16.5. The Balaban J connectivity index is 1.44. The van der Waals surface area contributed by atoms with Gasteiger partial charge in [-0.2, -0.15) is 0 Å². The average Bonchev–Trinajstić information content (AvgIpc) is 3.16. The molecule has 7 heteroatoms. The lowest BCUT2D eigenvalue weighted by molar-refractivity contribution is -0.199. The maximum absolute atomic E-state index is 12.7. The van der Waals surface area contributed by atoms with Crippen molar-refractivity contribution in [3.8, 4) is 5.69 Å². The van der Waals surface area contributed by atoms with Crippen molar-refractivity contribution in [2.24, 2.45) is 5.41 Å². The highest BCUT2D eigenvalue weighted by Gasteiger charge is 2.56. The minimum Gasteiger partial charge on any atom is -0.392 e. The maximum atomic E-state index is 12.7. The first-order valence-electron chi connectivity index (χ1n) is 8.62. The first-order valence-corrected chi connectivity index (χ1v) is 8.62. The van der Waals surface area contributed by atoms with Crippen LogP contribution >= 0.6 is 0 Å². The Morgan fingerprint density at radius 2 is 2.00 bits per heavy atom. The Kier molecular flexibility index (Phi) is 4.05. The average molecular weight is 342 g/mol. The van der Waals surface area contributed by atoms with Gasteiger partial charge in [0.2, 0.25) is 0 Å². The summed E-state index contributed by atoms with van der Waals surface area (Å²) < 4.78 is 7.10. The topological polar surface area (TPSA) is 80.5 Å². The number of carbonyl (C=O) groups excluding carboxylic acids is 1. The summed E-state index contributed by atoms with van der Waals surface area (Å²) in [6, 6.07) is 9.59. The van der Waals surface area contributed by atoms with E-state index in [-0.39, 0.29) is 23.5 Å². The molecule has 1 amide bonds. The smallest absolute Gasteiger partial charge is 0.276 e. The van der Waals surface area contributed by atoms with Crippen molar-refractivity contribution in [1.82, 2.24) is 19.9 Å². The highest BCUT2D eigenvalue weighted by molar-refractivity contribution is 5.92. The van der Waals surface area contributed by atoms with Crippen molar-refractivity contribution in [2.45, 2.75) is 31.5 Å². The maximum Gasteiger partial charge on any atom is 0.276 e. The number of methoxy groups -OCH3 is 1. The molecule has 1 saturated heterocycles. The standard InChI is InChI=1S/C18H22N4O3/c1-25-16-11-15(23)18(16)7-9-21(10-8-18)17(24)14-12-22(20-19-14)13-5-3-2-4-6-13/h2-6,12,15-16,23H,7-11H2,1H3/t15-,16+/m1/s1. The van der Waals surface area contributed by atoms with Crippen molar-refractivity contribution in [3.05, 3.63) is 42.2 Å². The Bertz CT molecular complexity index is 753. The molecule has 0 unspecified atom stereocenters. The molecule has 1 spiro atoms. The number of rotatable bonds is 3. The van der Waals surface area contributed by atoms with E-state index in [1.165, 1.54) is 0 Å². The molecule has 7 nitrogen and oxygen atoms in total. The summed E-state index contributed by atoms with van der Waals surface area (Å²) >= 11 is 0. The number of likely N-dealkylation sites (tertiary alicyclic amines) is 1. The van der Waals surface area contributed by atoms with Gasteiger partial charge in [-0.1, -0.05) is 23.4 Å². The second kappa shape index (κ2) is 6.24. The molecule has 2 aliphatic rings. The van der Waals surface area contributed by atoms with Gasteiger partial charge in [-0.15, -0.1) is 5.10 Å². The van der Waals surface area contributed by atoms with E-state index in [1.807, 2.05) is 30.3 Å². The van der Waals surface area contributed by atoms with Crippen molar-refractivity contribution in [2.75, 3.05) is 20.2 Å². The van der Waals surface area contributed by atoms with E-state index in [0.29, 0.717) is 25.2 Å². The van der Waals surface area contributed by atoms with E-state index in [2.05, 4.69) is 10.3 Å². The molecule has 25 heavy (non-hydrogen) atoms. The fraction of sp³-hybridized carbons (Fsp3) is 0.500. The Morgan fingerprint density at radius 1 is 1.28 bits per heavy atom. The number of piperidine rings is 1. The minimum absolute atomic E-state index is 0.0960. The molecule has 4 rings (SSSR count). The summed E-state index contributed by atoms with van der Waals surface area (Å²) in [5, 5.41) is 18.3. The number of hydrogen-bond acceptors (Lipinski definition) is 5. The number of aliphatic hydroxyl groups excluding tert-OH is 1. The lowest BCUT2D eigenvalue weighted by Crippen LogP contribution is -2.62. The molecule has 2 heterocycles. The van der Waals surface area contributed by atoms with E-state index in [1.54, 1.807) is 22.9 Å². The van der Waals surface area contributed by atoms with Gasteiger partial charge in [-0.3, -0.25) is 4.79 Å². The van der Waals surface area contributed by atoms with Crippen molar-refractivity contribution >= 4 is 5.91 Å². The second-order valence-corrected chi connectivity index (χ2v) is 6.89. The van der Waals surface area contributed by atoms with Crippen molar-refractivity contribution in [1.29, 1.82) is 0 Å². The van der Waals surface area contributed by atoms with E-state index < -0.39 is 0 Å². The van der Waals surface area contributed by atoms with Crippen LogP contribution in [0.2, 0.25) is 0 Å². The van der Waals surface area contributed by atoms with Crippen LogP contribution in [0.3, 0.4) is 0 Å². The second-order valence-electron chi connectivity index (χ2n) is 6.89. The first-order chi connectivity index (χ1) is 12.1. The first kappa shape index (κ1) is 16.2. The summed E-state index contributed by atoms with van der Waals surface area (Å²) in [7, 11) is 1.69. The number of ether oxygens (including phenoxy) is 1. The molecule has 1 N–H and O–H groups in total. The number of aliphatic hydroxyl groups is 1. The van der Waals surface area contributed by atoms with Crippen LogP contribution in [0.1, 0.15) is 29.8 Å². The van der Waals surface area contributed by atoms with Gasteiger partial charge >= 0.3 is 0 Å². The van der Waals surface area contributed by atoms with Gasteiger partial charge in [0.25, 0.3) is 5.91 Å². The fourth-order valence-electron chi connectivity index (χ4n) is 4.07. The highest BCUT2D eigenvalue weighted by Crippen LogP contribution is 2.50. The normalized spacial score (nSPS) is 25.0. The van der Waals surface area contributed by atoms with Crippen LogP contribution in [0.15, 0.2) is 36.5 Å². The van der Waals surface area contributed by atoms with Crippen LogP contribution in [0.4, 0.5) is 0 Å². The van der Waals surface area contributed by atoms with Crippen LogP contribution < -0.4 is 0 Å². The van der Waals surface area contributed by atoms with E-state index in [0.717, 1.165) is 18.5 Å². The number of benzene rings is 1. The van der Waals surface area contributed by atoms with Gasteiger partial charge in [-0.05, 0) is 25.0 Å². The van der Waals surface area contributed by atoms with Gasteiger partial charge in [0, 0.05) is 32.0 Å². The molecule has 2 fully saturated rings. The van der Waals surface area contributed by atoms with E-state index >= 15 is 0 Å². The number of nitrogens with zero attached hydrogens (tertiary/aromatic N) is 4. The van der Waals surface area contributed by atoms with Gasteiger partial charge in [0.05, 0.1) is 24.1 Å². The molecule has 1 aliphatic heterocycles. The van der Waals surface area contributed by atoms with Crippen LogP contribution in [-0.2, 0) is 4.74 Å². The largest absolute Gasteiger partial charge is 0.392 e.